The number of pyridine rings is 1. The first-order valence-electron chi connectivity index (χ1n) is 6.75. The topological polar surface area (TPSA) is 22.1 Å². The van der Waals surface area contributed by atoms with Crippen molar-refractivity contribution in [2.45, 2.75) is 20.8 Å². The van der Waals surface area contributed by atoms with Gasteiger partial charge in [0.25, 0.3) is 0 Å². The van der Waals surface area contributed by atoms with Gasteiger partial charge in [0.2, 0.25) is 5.88 Å². The Bertz CT molecular complexity index is 754. The molecule has 0 amide bonds. The molecule has 0 fully saturated rings. The van der Waals surface area contributed by atoms with Crippen LogP contribution in [0.15, 0.2) is 48.5 Å². The highest BCUT2D eigenvalue weighted by Crippen LogP contribution is 2.26. The smallest absolute Gasteiger partial charge is 0.219 e. The Balaban J connectivity index is 1.96. The van der Waals surface area contributed by atoms with Gasteiger partial charge in [-0.15, -0.1) is 0 Å². The highest BCUT2D eigenvalue weighted by Gasteiger charge is 2.04. The second-order valence-corrected chi connectivity index (χ2v) is 5.13. The first-order valence-corrected chi connectivity index (χ1v) is 6.75. The summed E-state index contributed by atoms with van der Waals surface area (Å²) in [5, 5.41) is 1.12. The van der Waals surface area contributed by atoms with E-state index in [0.29, 0.717) is 5.88 Å². The largest absolute Gasteiger partial charge is 0.439 e. The zero-order valence-corrected chi connectivity index (χ0v) is 12.0. The molecule has 2 nitrogen and oxygen atoms in total. The number of rotatable bonds is 2. The van der Waals surface area contributed by atoms with Crippen LogP contribution in [0.25, 0.3) is 10.9 Å². The molecule has 3 aromatic rings. The zero-order chi connectivity index (χ0) is 14.1. The molecular weight excluding hydrogens is 246 g/mol. The molecule has 0 saturated heterocycles. The maximum absolute atomic E-state index is 5.89. The number of nitrogens with zero attached hydrogens (tertiary/aromatic N) is 1. The number of hydrogen-bond acceptors (Lipinski definition) is 2. The molecule has 0 unspecified atom stereocenters. The third kappa shape index (κ3) is 2.37. The lowest BCUT2D eigenvalue weighted by Gasteiger charge is -2.10. The summed E-state index contributed by atoms with van der Waals surface area (Å²) in [6.45, 7) is 6.33. The van der Waals surface area contributed by atoms with Crippen molar-refractivity contribution in [3.8, 4) is 11.6 Å². The van der Waals surface area contributed by atoms with Crippen LogP contribution in [0.4, 0.5) is 0 Å². The van der Waals surface area contributed by atoms with E-state index in [0.717, 1.165) is 16.7 Å². The molecule has 20 heavy (non-hydrogen) atoms. The van der Waals surface area contributed by atoms with Crippen LogP contribution >= 0.6 is 0 Å². The summed E-state index contributed by atoms with van der Waals surface area (Å²) in [4.78, 5) is 4.53. The molecule has 0 aliphatic heterocycles. The third-order valence-corrected chi connectivity index (χ3v) is 3.70. The van der Waals surface area contributed by atoms with Crippen LogP contribution in [0.2, 0.25) is 0 Å². The maximum atomic E-state index is 5.89. The Kier molecular flexibility index (Phi) is 3.15. The Morgan fingerprint density at radius 2 is 1.55 bits per heavy atom. The van der Waals surface area contributed by atoms with Crippen molar-refractivity contribution in [1.29, 1.82) is 0 Å². The molecule has 100 valence electrons. The van der Waals surface area contributed by atoms with Gasteiger partial charge in [-0.1, -0.05) is 18.2 Å². The summed E-state index contributed by atoms with van der Waals surface area (Å²) in [6, 6.07) is 16.1. The number of aryl methyl sites for hydroxylation is 2. The van der Waals surface area contributed by atoms with Crippen molar-refractivity contribution < 1.29 is 4.74 Å². The van der Waals surface area contributed by atoms with Gasteiger partial charge in [0.05, 0.1) is 5.52 Å². The predicted molar refractivity (Wildman–Crippen MR) is 82.5 cm³/mol. The molecule has 2 heteroatoms. The van der Waals surface area contributed by atoms with Crippen molar-refractivity contribution in [1.82, 2.24) is 4.98 Å². The van der Waals surface area contributed by atoms with Crippen LogP contribution in [-0.4, -0.2) is 4.98 Å². The van der Waals surface area contributed by atoms with Gasteiger partial charge in [-0.2, -0.15) is 0 Å². The highest BCUT2D eigenvalue weighted by molar-refractivity contribution is 5.78. The molecule has 0 N–H and O–H groups in total. The SMILES string of the molecule is Cc1cc(Oc2ccc3ccccc3n2)cc(C)c1C. The van der Waals surface area contributed by atoms with Crippen LogP contribution in [-0.2, 0) is 0 Å². The molecule has 2 aromatic carbocycles. The van der Waals surface area contributed by atoms with Crippen molar-refractivity contribution in [2.75, 3.05) is 0 Å². The van der Waals surface area contributed by atoms with Gasteiger partial charge in [-0.25, -0.2) is 4.98 Å². The van der Waals surface area contributed by atoms with Gasteiger partial charge in [0.15, 0.2) is 0 Å². The monoisotopic (exact) mass is 263 g/mol. The fourth-order valence-corrected chi connectivity index (χ4v) is 2.28. The Hall–Kier alpha value is -2.35. The van der Waals surface area contributed by atoms with E-state index in [-0.39, 0.29) is 0 Å². The molecule has 1 aromatic heterocycles. The summed E-state index contributed by atoms with van der Waals surface area (Å²) in [7, 11) is 0. The number of aromatic nitrogens is 1. The fraction of sp³-hybridized carbons (Fsp3) is 0.167. The second kappa shape index (κ2) is 4.97. The first-order chi connectivity index (χ1) is 9.63. The predicted octanol–water partition coefficient (Wildman–Crippen LogP) is 4.95. The number of para-hydroxylation sites is 1. The summed E-state index contributed by atoms with van der Waals surface area (Å²) in [5.74, 6) is 1.47. The van der Waals surface area contributed by atoms with E-state index in [2.05, 4.69) is 37.9 Å². The second-order valence-electron chi connectivity index (χ2n) is 5.13. The molecule has 0 atom stereocenters. The lowest BCUT2D eigenvalue weighted by molar-refractivity contribution is 0.464. The molecule has 0 bridgehead atoms. The average Bonchev–Trinajstić information content (AvgIpc) is 2.44. The lowest BCUT2D eigenvalue weighted by Crippen LogP contribution is -1.92. The highest BCUT2D eigenvalue weighted by atomic mass is 16.5. The number of ether oxygens (including phenoxy) is 1. The minimum absolute atomic E-state index is 0.631. The van der Waals surface area contributed by atoms with Crippen molar-refractivity contribution in [3.05, 3.63) is 65.2 Å². The van der Waals surface area contributed by atoms with Crippen LogP contribution in [0.3, 0.4) is 0 Å². The average molecular weight is 263 g/mol. The summed E-state index contributed by atoms with van der Waals surface area (Å²) < 4.78 is 5.89. The van der Waals surface area contributed by atoms with Crippen molar-refractivity contribution in [3.63, 3.8) is 0 Å². The quantitative estimate of drug-likeness (QED) is 0.652. The van der Waals surface area contributed by atoms with Gasteiger partial charge in [-0.3, -0.25) is 0 Å². The minimum Gasteiger partial charge on any atom is -0.439 e. The van der Waals surface area contributed by atoms with E-state index < -0.39 is 0 Å². The standard InChI is InChI=1S/C18H17NO/c1-12-10-16(11-13(2)14(12)3)20-18-9-8-15-6-4-5-7-17(15)19-18/h4-11H,1-3H3. The summed E-state index contributed by atoms with van der Waals surface area (Å²) in [5.41, 5.74) is 4.73. The number of hydrogen-bond donors (Lipinski definition) is 0. The number of benzene rings is 2. The number of fused-ring (bicyclic) bond motifs is 1. The Morgan fingerprint density at radius 3 is 2.30 bits per heavy atom. The molecule has 0 aliphatic carbocycles. The third-order valence-electron chi connectivity index (χ3n) is 3.70. The van der Waals surface area contributed by atoms with E-state index in [4.69, 9.17) is 4.74 Å². The maximum Gasteiger partial charge on any atom is 0.219 e. The van der Waals surface area contributed by atoms with Crippen LogP contribution < -0.4 is 4.74 Å². The van der Waals surface area contributed by atoms with Gasteiger partial charge in [0, 0.05) is 11.5 Å². The molecule has 0 radical (unpaired) electrons. The van der Waals surface area contributed by atoms with Gasteiger partial charge < -0.3 is 4.74 Å². The zero-order valence-electron chi connectivity index (χ0n) is 12.0. The summed E-state index contributed by atoms with van der Waals surface area (Å²) >= 11 is 0. The fourth-order valence-electron chi connectivity index (χ4n) is 2.28. The minimum atomic E-state index is 0.631. The molecule has 1 heterocycles. The van der Waals surface area contributed by atoms with Gasteiger partial charge >= 0.3 is 0 Å². The van der Waals surface area contributed by atoms with Gasteiger partial charge in [-0.05, 0) is 61.7 Å². The summed E-state index contributed by atoms with van der Waals surface area (Å²) in [6.07, 6.45) is 0. The van der Waals surface area contributed by atoms with Crippen molar-refractivity contribution >= 4 is 10.9 Å². The van der Waals surface area contributed by atoms with E-state index in [1.165, 1.54) is 16.7 Å². The van der Waals surface area contributed by atoms with Crippen LogP contribution in [0.1, 0.15) is 16.7 Å². The van der Waals surface area contributed by atoms with Crippen molar-refractivity contribution in [2.24, 2.45) is 0 Å². The molecule has 0 aliphatic rings. The Morgan fingerprint density at radius 1 is 0.850 bits per heavy atom. The first kappa shape index (κ1) is 12.7. The van der Waals surface area contributed by atoms with E-state index >= 15 is 0 Å². The van der Waals surface area contributed by atoms with Crippen LogP contribution in [0, 0.1) is 20.8 Å². The lowest BCUT2D eigenvalue weighted by atomic mass is 10.0. The van der Waals surface area contributed by atoms with E-state index in [1.807, 2.05) is 36.4 Å². The van der Waals surface area contributed by atoms with E-state index in [9.17, 15) is 0 Å². The molecule has 0 spiro atoms. The van der Waals surface area contributed by atoms with Crippen LogP contribution in [0.5, 0.6) is 11.6 Å². The molecular formula is C18H17NO. The Labute approximate surface area is 119 Å². The molecule has 0 saturated carbocycles. The van der Waals surface area contributed by atoms with E-state index in [1.54, 1.807) is 0 Å². The normalized spacial score (nSPS) is 10.8. The van der Waals surface area contributed by atoms with Gasteiger partial charge in [0.1, 0.15) is 5.75 Å². The molecule has 3 rings (SSSR count).